The van der Waals surface area contributed by atoms with Crippen LogP contribution >= 0.6 is 0 Å². The number of hydrogen-bond donors (Lipinski definition) is 2. The van der Waals surface area contributed by atoms with Gasteiger partial charge in [0, 0.05) is 19.6 Å². The van der Waals surface area contributed by atoms with E-state index in [1.54, 1.807) is 0 Å². The molecule has 25 heavy (non-hydrogen) atoms. The summed E-state index contributed by atoms with van der Waals surface area (Å²) in [5.41, 5.74) is 8.11. The van der Waals surface area contributed by atoms with Gasteiger partial charge in [0.25, 0.3) is 0 Å². The zero-order chi connectivity index (χ0) is 17.5. The first-order valence-electron chi connectivity index (χ1n) is 8.70. The van der Waals surface area contributed by atoms with Crippen LogP contribution in [0.1, 0.15) is 23.2 Å². The van der Waals surface area contributed by atoms with E-state index < -0.39 is 6.04 Å². The Bertz CT molecular complexity index is 657. The Kier molecular flexibility index (Phi) is 6.17. The minimum atomic E-state index is -0.651. The van der Waals surface area contributed by atoms with Gasteiger partial charge in [-0.3, -0.25) is 9.69 Å². The fraction of sp³-hybridized carbons (Fsp3) is 0.350. The second-order valence-electron chi connectivity index (χ2n) is 6.21. The Morgan fingerprint density at radius 1 is 1.00 bits per heavy atom. The predicted octanol–water partition coefficient (Wildman–Crippen LogP) is 1.88. The standard InChI is InChI=1S/C20H25N3O2/c21-19(17-9-5-2-6-10-17)20(24)22-15-18(16-7-3-1-4-8-16)23-11-13-25-14-12-23/h1-10,18-19H,11-15,21H2,(H,22,24). The highest BCUT2D eigenvalue weighted by Crippen LogP contribution is 2.21. The molecule has 1 aliphatic rings. The largest absolute Gasteiger partial charge is 0.379 e. The summed E-state index contributed by atoms with van der Waals surface area (Å²) in [7, 11) is 0. The van der Waals surface area contributed by atoms with Crippen LogP contribution < -0.4 is 11.1 Å². The molecule has 3 rings (SSSR count). The molecule has 0 aliphatic carbocycles. The summed E-state index contributed by atoms with van der Waals surface area (Å²) in [6, 6.07) is 19.2. The molecule has 0 spiro atoms. The third-order valence-corrected chi connectivity index (χ3v) is 4.58. The van der Waals surface area contributed by atoms with E-state index in [-0.39, 0.29) is 11.9 Å². The van der Waals surface area contributed by atoms with Crippen LogP contribution in [-0.2, 0) is 9.53 Å². The minimum absolute atomic E-state index is 0.122. The second kappa shape index (κ2) is 8.76. The fourth-order valence-corrected chi connectivity index (χ4v) is 3.14. The monoisotopic (exact) mass is 339 g/mol. The van der Waals surface area contributed by atoms with Crippen LogP contribution in [0.2, 0.25) is 0 Å². The molecule has 0 radical (unpaired) electrons. The molecule has 0 aromatic heterocycles. The summed E-state index contributed by atoms with van der Waals surface area (Å²) >= 11 is 0. The quantitative estimate of drug-likeness (QED) is 0.843. The molecule has 2 unspecified atom stereocenters. The summed E-state index contributed by atoms with van der Waals surface area (Å²) < 4.78 is 5.46. The Balaban J connectivity index is 1.67. The zero-order valence-corrected chi connectivity index (χ0v) is 14.3. The molecule has 132 valence electrons. The number of benzene rings is 2. The van der Waals surface area contributed by atoms with Gasteiger partial charge in [-0.15, -0.1) is 0 Å². The highest BCUT2D eigenvalue weighted by atomic mass is 16.5. The lowest BCUT2D eigenvalue weighted by molar-refractivity contribution is -0.122. The lowest BCUT2D eigenvalue weighted by Gasteiger charge is -2.35. The van der Waals surface area contributed by atoms with E-state index in [2.05, 4.69) is 22.3 Å². The number of nitrogens with two attached hydrogens (primary N) is 1. The maximum Gasteiger partial charge on any atom is 0.241 e. The van der Waals surface area contributed by atoms with Crippen molar-refractivity contribution in [1.82, 2.24) is 10.2 Å². The van der Waals surface area contributed by atoms with E-state index in [4.69, 9.17) is 10.5 Å². The molecule has 1 fully saturated rings. The molecule has 1 aliphatic heterocycles. The molecule has 2 aromatic rings. The summed E-state index contributed by atoms with van der Waals surface area (Å²) in [6.45, 7) is 3.70. The van der Waals surface area contributed by atoms with Gasteiger partial charge in [0.15, 0.2) is 0 Å². The van der Waals surface area contributed by atoms with Crippen molar-refractivity contribution in [2.24, 2.45) is 5.73 Å². The van der Waals surface area contributed by atoms with Crippen LogP contribution in [0.5, 0.6) is 0 Å². The van der Waals surface area contributed by atoms with Crippen molar-refractivity contribution in [3.63, 3.8) is 0 Å². The molecule has 1 saturated heterocycles. The fourth-order valence-electron chi connectivity index (χ4n) is 3.14. The van der Waals surface area contributed by atoms with Gasteiger partial charge >= 0.3 is 0 Å². The van der Waals surface area contributed by atoms with Crippen LogP contribution in [0, 0.1) is 0 Å². The number of rotatable bonds is 6. The third-order valence-electron chi connectivity index (χ3n) is 4.58. The Hall–Kier alpha value is -2.21. The maximum atomic E-state index is 12.5. The van der Waals surface area contributed by atoms with Crippen LogP contribution in [0.15, 0.2) is 60.7 Å². The van der Waals surface area contributed by atoms with Gasteiger partial charge in [-0.05, 0) is 11.1 Å². The first-order valence-corrected chi connectivity index (χ1v) is 8.70. The van der Waals surface area contributed by atoms with Gasteiger partial charge in [0.05, 0.1) is 19.3 Å². The van der Waals surface area contributed by atoms with E-state index in [0.29, 0.717) is 6.54 Å². The highest BCUT2D eigenvalue weighted by molar-refractivity contribution is 5.82. The molecule has 1 amide bonds. The average Bonchev–Trinajstić information content (AvgIpc) is 2.70. The Morgan fingerprint density at radius 2 is 1.56 bits per heavy atom. The molecule has 5 nitrogen and oxygen atoms in total. The van der Waals surface area contributed by atoms with Crippen molar-refractivity contribution in [3.8, 4) is 0 Å². The second-order valence-corrected chi connectivity index (χ2v) is 6.21. The average molecular weight is 339 g/mol. The number of hydrogen-bond acceptors (Lipinski definition) is 4. The molecule has 2 aromatic carbocycles. The van der Waals surface area contributed by atoms with Crippen molar-refractivity contribution in [2.45, 2.75) is 12.1 Å². The number of nitrogens with zero attached hydrogens (tertiary/aromatic N) is 1. The van der Waals surface area contributed by atoms with Gasteiger partial charge in [-0.1, -0.05) is 60.7 Å². The minimum Gasteiger partial charge on any atom is -0.379 e. The topological polar surface area (TPSA) is 67.6 Å². The first-order chi connectivity index (χ1) is 12.3. The Labute approximate surface area is 148 Å². The van der Waals surface area contributed by atoms with Crippen LogP contribution in [0.3, 0.4) is 0 Å². The van der Waals surface area contributed by atoms with E-state index in [1.807, 2.05) is 48.5 Å². The van der Waals surface area contributed by atoms with Crippen molar-refractivity contribution >= 4 is 5.91 Å². The SMILES string of the molecule is NC(C(=O)NCC(c1ccccc1)N1CCOCC1)c1ccccc1. The first kappa shape index (κ1) is 17.6. The highest BCUT2D eigenvalue weighted by Gasteiger charge is 2.24. The van der Waals surface area contributed by atoms with Crippen molar-refractivity contribution in [3.05, 3.63) is 71.8 Å². The van der Waals surface area contributed by atoms with E-state index in [0.717, 1.165) is 31.9 Å². The summed E-state index contributed by atoms with van der Waals surface area (Å²) in [4.78, 5) is 14.8. The van der Waals surface area contributed by atoms with Crippen molar-refractivity contribution < 1.29 is 9.53 Å². The van der Waals surface area contributed by atoms with Gasteiger partial charge < -0.3 is 15.8 Å². The molecule has 3 N–H and O–H groups in total. The van der Waals surface area contributed by atoms with Gasteiger partial charge in [-0.25, -0.2) is 0 Å². The molecular weight excluding hydrogens is 314 g/mol. The number of carbonyl (C=O) groups excluding carboxylic acids is 1. The summed E-state index contributed by atoms with van der Waals surface area (Å²) in [6.07, 6.45) is 0. The Morgan fingerprint density at radius 3 is 2.16 bits per heavy atom. The number of carbonyl (C=O) groups is 1. The van der Waals surface area contributed by atoms with Gasteiger partial charge in [0.2, 0.25) is 5.91 Å². The normalized spacial score (nSPS) is 17.6. The molecule has 1 heterocycles. The van der Waals surface area contributed by atoms with Crippen LogP contribution in [-0.4, -0.2) is 43.7 Å². The molecule has 0 bridgehead atoms. The number of amides is 1. The van der Waals surface area contributed by atoms with Crippen molar-refractivity contribution in [1.29, 1.82) is 0 Å². The van der Waals surface area contributed by atoms with Gasteiger partial charge in [-0.2, -0.15) is 0 Å². The number of ether oxygens (including phenoxy) is 1. The number of nitrogens with one attached hydrogen (secondary N) is 1. The van der Waals surface area contributed by atoms with Gasteiger partial charge in [0.1, 0.15) is 6.04 Å². The van der Waals surface area contributed by atoms with Crippen LogP contribution in [0.25, 0.3) is 0 Å². The molecule has 5 heteroatoms. The summed E-state index contributed by atoms with van der Waals surface area (Å²) in [5.74, 6) is -0.152. The third kappa shape index (κ3) is 4.66. The molecule has 2 atom stereocenters. The predicted molar refractivity (Wildman–Crippen MR) is 98.0 cm³/mol. The smallest absolute Gasteiger partial charge is 0.241 e. The zero-order valence-electron chi connectivity index (χ0n) is 14.3. The van der Waals surface area contributed by atoms with E-state index in [1.165, 1.54) is 5.56 Å². The van der Waals surface area contributed by atoms with Crippen LogP contribution in [0.4, 0.5) is 0 Å². The lowest BCUT2D eigenvalue weighted by Crippen LogP contribution is -2.45. The lowest BCUT2D eigenvalue weighted by atomic mass is 10.0. The summed E-state index contributed by atoms with van der Waals surface area (Å²) in [5, 5.41) is 3.03. The number of morpholine rings is 1. The van der Waals surface area contributed by atoms with Crippen molar-refractivity contribution in [2.75, 3.05) is 32.8 Å². The van der Waals surface area contributed by atoms with E-state index >= 15 is 0 Å². The molecule has 0 saturated carbocycles. The van der Waals surface area contributed by atoms with E-state index in [9.17, 15) is 4.79 Å². The molecular formula is C20H25N3O2. The maximum absolute atomic E-state index is 12.5.